The highest BCUT2D eigenvalue weighted by Crippen LogP contribution is 2.16. The third-order valence-electron chi connectivity index (χ3n) is 3.42. The topological polar surface area (TPSA) is 67.4 Å². The smallest absolute Gasteiger partial charge is 0.339 e. The first kappa shape index (κ1) is 16.5. The Balaban J connectivity index is 1.95. The molecule has 5 heteroatoms. The van der Waals surface area contributed by atoms with Gasteiger partial charge in [0.2, 0.25) is 5.91 Å². The van der Waals surface area contributed by atoms with Gasteiger partial charge >= 0.3 is 5.97 Å². The van der Waals surface area contributed by atoms with Crippen molar-refractivity contribution in [2.24, 2.45) is 0 Å². The van der Waals surface area contributed by atoms with Gasteiger partial charge in [-0.2, -0.15) is 0 Å². The van der Waals surface area contributed by atoms with Crippen LogP contribution in [0.15, 0.2) is 48.5 Å². The van der Waals surface area contributed by atoms with Gasteiger partial charge < -0.3 is 15.4 Å². The fraction of sp³-hybridized carbons (Fsp3) is 0.222. The number of anilines is 2. The lowest BCUT2D eigenvalue weighted by Gasteiger charge is -2.11. The number of esters is 1. The first-order chi connectivity index (χ1) is 11.1. The normalized spacial score (nSPS) is 10.0. The Morgan fingerprint density at radius 1 is 1.04 bits per heavy atom. The summed E-state index contributed by atoms with van der Waals surface area (Å²) in [5, 5.41) is 5.77. The van der Waals surface area contributed by atoms with E-state index in [1.54, 1.807) is 24.3 Å². The number of nitrogens with one attached hydrogen (secondary N) is 2. The van der Waals surface area contributed by atoms with E-state index in [1.165, 1.54) is 12.7 Å². The molecule has 0 atom stereocenters. The summed E-state index contributed by atoms with van der Waals surface area (Å²) in [7, 11) is 1.33. The maximum atomic E-state index is 12.0. The lowest BCUT2D eigenvalue weighted by Crippen LogP contribution is -2.22. The van der Waals surface area contributed by atoms with E-state index in [4.69, 9.17) is 4.74 Å². The highest BCUT2D eigenvalue weighted by Gasteiger charge is 2.11. The van der Waals surface area contributed by atoms with Crippen LogP contribution in [0.1, 0.15) is 22.8 Å². The SMILES string of the molecule is CCc1ccc(NC(=O)CNc2ccccc2C(=O)OC)cc1. The van der Waals surface area contributed by atoms with E-state index in [9.17, 15) is 9.59 Å². The Kier molecular flexibility index (Phi) is 5.74. The number of hydrogen-bond donors (Lipinski definition) is 2. The van der Waals surface area contributed by atoms with Gasteiger partial charge in [0.25, 0.3) is 0 Å². The molecule has 0 fully saturated rings. The Bertz CT molecular complexity index is 681. The minimum absolute atomic E-state index is 0.0591. The van der Waals surface area contributed by atoms with Gasteiger partial charge in [-0.1, -0.05) is 31.2 Å². The molecule has 2 aromatic carbocycles. The van der Waals surface area contributed by atoms with E-state index in [0.29, 0.717) is 11.3 Å². The minimum Gasteiger partial charge on any atom is -0.465 e. The molecule has 2 rings (SSSR count). The summed E-state index contributed by atoms with van der Waals surface area (Å²) < 4.78 is 4.72. The van der Waals surface area contributed by atoms with E-state index in [1.807, 2.05) is 24.3 Å². The number of hydrogen-bond acceptors (Lipinski definition) is 4. The van der Waals surface area contributed by atoms with E-state index in [-0.39, 0.29) is 12.5 Å². The summed E-state index contributed by atoms with van der Waals surface area (Å²) in [6.45, 7) is 2.14. The average molecular weight is 312 g/mol. The minimum atomic E-state index is -0.441. The van der Waals surface area contributed by atoms with Crippen LogP contribution in [-0.4, -0.2) is 25.5 Å². The number of carbonyl (C=O) groups is 2. The second kappa shape index (κ2) is 7.98. The third kappa shape index (κ3) is 4.57. The summed E-state index contributed by atoms with van der Waals surface area (Å²) in [5.74, 6) is -0.627. The molecule has 23 heavy (non-hydrogen) atoms. The molecular weight excluding hydrogens is 292 g/mol. The third-order valence-corrected chi connectivity index (χ3v) is 3.42. The fourth-order valence-corrected chi connectivity index (χ4v) is 2.13. The largest absolute Gasteiger partial charge is 0.465 e. The zero-order chi connectivity index (χ0) is 16.7. The number of amides is 1. The number of rotatable bonds is 6. The molecule has 0 heterocycles. The van der Waals surface area contributed by atoms with Gasteiger partial charge in [-0.3, -0.25) is 4.79 Å². The average Bonchev–Trinajstić information content (AvgIpc) is 2.60. The van der Waals surface area contributed by atoms with Crippen molar-refractivity contribution in [3.8, 4) is 0 Å². The second-order valence-electron chi connectivity index (χ2n) is 4.99. The van der Waals surface area contributed by atoms with Crippen LogP contribution in [0.25, 0.3) is 0 Å². The molecule has 5 nitrogen and oxygen atoms in total. The van der Waals surface area contributed by atoms with Gasteiger partial charge in [0.1, 0.15) is 0 Å². The summed E-state index contributed by atoms with van der Waals surface area (Å²) in [6.07, 6.45) is 0.958. The second-order valence-corrected chi connectivity index (χ2v) is 4.99. The standard InChI is InChI=1S/C18H20N2O3/c1-3-13-8-10-14(11-9-13)20-17(21)12-19-16-7-5-4-6-15(16)18(22)23-2/h4-11,19H,3,12H2,1-2H3,(H,20,21). The Morgan fingerprint density at radius 2 is 1.74 bits per heavy atom. The predicted octanol–water partition coefficient (Wildman–Crippen LogP) is 3.09. The number of benzene rings is 2. The number of aryl methyl sites for hydroxylation is 1. The van der Waals surface area contributed by atoms with Crippen molar-refractivity contribution in [2.45, 2.75) is 13.3 Å². The van der Waals surface area contributed by atoms with Crippen molar-refractivity contribution in [3.63, 3.8) is 0 Å². The Hall–Kier alpha value is -2.82. The van der Waals surface area contributed by atoms with E-state index < -0.39 is 5.97 Å². The van der Waals surface area contributed by atoms with Gasteiger partial charge in [-0.15, -0.1) is 0 Å². The molecule has 0 aliphatic heterocycles. The van der Waals surface area contributed by atoms with Gasteiger partial charge in [0, 0.05) is 11.4 Å². The first-order valence-corrected chi connectivity index (χ1v) is 7.44. The molecule has 2 aromatic rings. The van der Waals surface area contributed by atoms with Gasteiger partial charge in [0.15, 0.2) is 0 Å². The molecule has 1 amide bonds. The fourth-order valence-electron chi connectivity index (χ4n) is 2.13. The van der Waals surface area contributed by atoms with Crippen LogP contribution in [0, 0.1) is 0 Å². The van der Waals surface area contributed by atoms with Crippen LogP contribution in [-0.2, 0) is 16.0 Å². The molecule has 0 radical (unpaired) electrons. The molecule has 0 aliphatic rings. The summed E-state index contributed by atoms with van der Waals surface area (Å²) in [6, 6.07) is 14.6. The highest BCUT2D eigenvalue weighted by atomic mass is 16.5. The lowest BCUT2D eigenvalue weighted by atomic mass is 10.1. The number of ether oxygens (including phenoxy) is 1. The molecule has 0 saturated heterocycles. The quantitative estimate of drug-likeness (QED) is 0.804. The van der Waals surface area contributed by atoms with Crippen LogP contribution in [0.4, 0.5) is 11.4 Å². The predicted molar refractivity (Wildman–Crippen MR) is 90.7 cm³/mol. The molecule has 120 valence electrons. The first-order valence-electron chi connectivity index (χ1n) is 7.44. The zero-order valence-corrected chi connectivity index (χ0v) is 13.3. The van der Waals surface area contributed by atoms with Gasteiger partial charge in [0.05, 0.1) is 19.2 Å². The number of methoxy groups -OCH3 is 1. The van der Waals surface area contributed by atoms with E-state index in [0.717, 1.165) is 12.1 Å². The molecule has 0 saturated carbocycles. The molecule has 0 aromatic heterocycles. The van der Waals surface area contributed by atoms with Crippen LogP contribution >= 0.6 is 0 Å². The van der Waals surface area contributed by atoms with Crippen LogP contribution < -0.4 is 10.6 Å². The molecule has 0 spiro atoms. The maximum Gasteiger partial charge on any atom is 0.339 e. The summed E-state index contributed by atoms with van der Waals surface area (Å²) >= 11 is 0. The van der Waals surface area contributed by atoms with Crippen molar-refractivity contribution in [2.75, 3.05) is 24.3 Å². The molecule has 0 bridgehead atoms. The Labute approximate surface area is 135 Å². The summed E-state index contributed by atoms with van der Waals surface area (Å²) in [4.78, 5) is 23.7. The van der Waals surface area contributed by atoms with Gasteiger partial charge in [-0.05, 0) is 36.2 Å². The van der Waals surface area contributed by atoms with Crippen molar-refractivity contribution in [1.82, 2.24) is 0 Å². The van der Waals surface area contributed by atoms with Crippen molar-refractivity contribution in [1.29, 1.82) is 0 Å². The monoisotopic (exact) mass is 312 g/mol. The molecule has 0 aliphatic carbocycles. The van der Waals surface area contributed by atoms with Crippen molar-refractivity contribution < 1.29 is 14.3 Å². The van der Waals surface area contributed by atoms with Gasteiger partial charge in [-0.25, -0.2) is 4.79 Å². The van der Waals surface area contributed by atoms with Crippen LogP contribution in [0.5, 0.6) is 0 Å². The number of para-hydroxylation sites is 1. The van der Waals surface area contributed by atoms with Crippen LogP contribution in [0.3, 0.4) is 0 Å². The number of carbonyl (C=O) groups excluding carboxylic acids is 2. The Morgan fingerprint density at radius 3 is 2.39 bits per heavy atom. The van der Waals surface area contributed by atoms with E-state index in [2.05, 4.69) is 17.6 Å². The summed E-state index contributed by atoms with van der Waals surface area (Å²) in [5.41, 5.74) is 2.93. The van der Waals surface area contributed by atoms with Crippen molar-refractivity contribution >= 4 is 23.3 Å². The zero-order valence-electron chi connectivity index (χ0n) is 13.3. The van der Waals surface area contributed by atoms with E-state index >= 15 is 0 Å². The van der Waals surface area contributed by atoms with Crippen LogP contribution in [0.2, 0.25) is 0 Å². The molecule has 2 N–H and O–H groups in total. The highest BCUT2D eigenvalue weighted by molar-refractivity contribution is 5.98. The lowest BCUT2D eigenvalue weighted by molar-refractivity contribution is -0.114. The molecular formula is C18H20N2O3. The molecule has 0 unspecified atom stereocenters. The maximum absolute atomic E-state index is 12.0. The van der Waals surface area contributed by atoms with Crippen molar-refractivity contribution in [3.05, 3.63) is 59.7 Å².